The molecule has 1 saturated heterocycles. The molecule has 0 bridgehead atoms. The first-order valence-corrected chi connectivity index (χ1v) is 8.25. The molecule has 0 atom stereocenters. The van der Waals surface area contributed by atoms with E-state index in [0.717, 1.165) is 31.9 Å². The third kappa shape index (κ3) is 4.27. The van der Waals surface area contributed by atoms with Crippen molar-refractivity contribution >= 4 is 39.9 Å². The van der Waals surface area contributed by atoms with Gasteiger partial charge in [-0.2, -0.15) is 5.26 Å². The number of anilines is 1. The van der Waals surface area contributed by atoms with E-state index in [-0.39, 0.29) is 0 Å². The first-order valence-electron chi connectivity index (χ1n) is 6.65. The van der Waals surface area contributed by atoms with Gasteiger partial charge in [0.1, 0.15) is 0 Å². The third-order valence-electron chi connectivity index (χ3n) is 3.38. The summed E-state index contributed by atoms with van der Waals surface area (Å²) in [5, 5.41) is 12.3. The third-order valence-corrected chi connectivity index (χ3v) is 4.26. The van der Waals surface area contributed by atoms with Gasteiger partial charge in [-0.05, 0) is 31.5 Å². The summed E-state index contributed by atoms with van der Waals surface area (Å²) >= 11 is 7.69. The predicted molar refractivity (Wildman–Crippen MR) is 90.5 cm³/mol. The normalized spacial score (nSPS) is 16.7. The number of piperazine rings is 1. The molecule has 1 fully saturated rings. The molecule has 2 rings (SSSR count). The molecule has 0 amide bonds. The molecule has 0 spiro atoms. The second kappa shape index (κ2) is 7.55. The van der Waals surface area contributed by atoms with Gasteiger partial charge in [-0.1, -0.05) is 23.4 Å². The standard InChI is InChI=1S/C14H18ClN5S/c1-19-5-7-20(8-6-19)11-3-4-13(12(15)9-11)18-14(21-2)17-10-16/h3-4,9H,5-8H2,1-2H3,(H,17,18). The molecule has 0 aliphatic carbocycles. The van der Waals surface area contributed by atoms with Gasteiger partial charge in [-0.3, -0.25) is 5.32 Å². The van der Waals surface area contributed by atoms with Crippen LogP contribution in [0.2, 0.25) is 5.02 Å². The highest BCUT2D eigenvalue weighted by atomic mass is 35.5. The molecule has 21 heavy (non-hydrogen) atoms. The maximum Gasteiger partial charge on any atom is 0.183 e. The van der Waals surface area contributed by atoms with Gasteiger partial charge >= 0.3 is 0 Å². The van der Waals surface area contributed by atoms with E-state index in [1.807, 2.05) is 30.6 Å². The van der Waals surface area contributed by atoms with Gasteiger partial charge in [0.2, 0.25) is 0 Å². The van der Waals surface area contributed by atoms with Gasteiger partial charge in [0.05, 0.1) is 10.7 Å². The van der Waals surface area contributed by atoms with Gasteiger partial charge < -0.3 is 9.80 Å². The van der Waals surface area contributed by atoms with Crippen LogP contribution in [0.5, 0.6) is 0 Å². The summed E-state index contributed by atoms with van der Waals surface area (Å²) in [6, 6.07) is 5.86. The number of nitriles is 1. The van der Waals surface area contributed by atoms with Crippen LogP contribution in [0, 0.1) is 11.5 Å². The average molecular weight is 324 g/mol. The van der Waals surface area contributed by atoms with Crippen LogP contribution in [0.25, 0.3) is 0 Å². The van der Waals surface area contributed by atoms with Crippen molar-refractivity contribution in [1.29, 1.82) is 5.26 Å². The van der Waals surface area contributed by atoms with E-state index in [9.17, 15) is 0 Å². The summed E-state index contributed by atoms with van der Waals surface area (Å²) in [4.78, 5) is 8.99. The van der Waals surface area contributed by atoms with E-state index < -0.39 is 0 Å². The summed E-state index contributed by atoms with van der Waals surface area (Å²) < 4.78 is 0. The van der Waals surface area contributed by atoms with Crippen LogP contribution < -0.4 is 10.2 Å². The molecule has 1 aromatic rings. The van der Waals surface area contributed by atoms with Gasteiger partial charge in [-0.15, -0.1) is 0 Å². The van der Waals surface area contributed by atoms with Crippen LogP contribution in [0.1, 0.15) is 0 Å². The first-order chi connectivity index (χ1) is 10.1. The number of amidine groups is 1. The number of thioether (sulfide) groups is 1. The molecule has 0 radical (unpaired) electrons. The van der Waals surface area contributed by atoms with Gasteiger partial charge in [0, 0.05) is 31.9 Å². The summed E-state index contributed by atoms with van der Waals surface area (Å²) in [7, 11) is 2.13. The van der Waals surface area contributed by atoms with Crippen molar-refractivity contribution in [3.05, 3.63) is 23.2 Å². The topological polar surface area (TPSA) is 54.7 Å². The fraction of sp³-hybridized carbons (Fsp3) is 0.429. The summed E-state index contributed by atoms with van der Waals surface area (Å²) in [5.41, 5.74) is 1.78. The maximum atomic E-state index is 8.65. The largest absolute Gasteiger partial charge is 0.369 e. The van der Waals surface area contributed by atoms with E-state index in [1.165, 1.54) is 11.8 Å². The molecule has 0 unspecified atom stereocenters. The maximum absolute atomic E-state index is 8.65. The highest BCUT2D eigenvalue weighted by molar-refractivity contribution is 8.13. The zero-order valence-corrected chi connectivity index (χ0v) is 13.7. The lowest BCUT2D eigenvalue weighted by Gasteiger charge is -2.34. The Balaban J connectivity index is 2.16. The molecule has 112 valence electrons. The monoisotopic (exact) mass is 323 g/mol. The lowest BCUT2D eigenvalue weighted by Crippen LogP contribution is -2.44. The van der Waals surface area contributed by atoms with Crippen molar-refractivity contribution in [2.24, 2.45) is 4.99 Å². The fourth-order valence-electron chi connectivity index (χ4n) is 2.13. The van der Waals surface area contributed by atoms with Crippen LogP contribution >= 0.6 is 23.4 Å². The molecule has 0 saturated carbocycles. The highest BCUT2D eigenvalue weighted by Crippen LogP contribution is 2.30. The summed E-state index contributed by atoms with van der Waals surface area (Å²) in [5.74, 6) is 0. The Bertz CT molecular complexity index is 561. The zero-order chi connectivity index (χ0) is 15.2. The van der Waals surface area contributed by atoms with Crippen LogP contribution in [-0.2, 0) is 0 Å². The van der Waals surface area contributed by atoms with Crippen molar-refractivity contribution in [3.8, 4) is 6.19 Å². The quantitative estimate of drug-likeness (QED) is 0.392. The molecule has 1 aliphatic heterocycles. The van der Waals surface area contributed by atoms with Crippen molar-refractivity contribution in [1.82, 2.24) is 10.2 Å². The van der Waals surface area contributed by atoms with E-state index in [2.05, 4.69) is 27.2 Å². The van der Waals surface area contributed by atoms with E-state index in [4.69, 9.17) is 16.9 Å². The van der Waals surface area contributed by atoms with Gasteiger partial charge in [0.25, 0.3) is 0 Å². The molecule has 0 aromatic heterocycles. The molecular formula is C14H18ClN5S. The van der Waals surface area contributed by atoms with E-state index in [0.29, 0.717) is 15.9 Å². The van der Waals surface area contributed by atoms with Crippen molar-refractivity contribution in [2.75, 3.05) is 44.4 Å². The van der Waals surface area contributed by atoms with Gasteiger partial charge in [-0.25, -0.2) is 4.99 Å². The molecule has 5 nitrogen and oxygen atoms in total. The number of aliphatic imine (C=N–C) groups is 1. The Morgan fingerprint density at radius 1 is 1.38 bits per heavy atom. The van der Waals surface area contributed by atoms with Crippen molar-refractivity contribution < 1.29 is 0 Å². The Morgan fingerprint density at radius 2 is 2.10 bits per heavy atom. The lowest BCUT2D eigenvalue weighted by atomic mass is 10.2. The van der Waals surface area contributed by atoms with E-state index >= 15 is 0 Å². The minimum absolute atomic E-state index is 0.534. The molecule has 1 aliphatic rings. The number of nitrogens with zero attached hydrogens (tertiary/aromatic N) is 4. The molecule has 7 heteroatoms. The first kappa shape index (κ1) is 16.0. The Labute approximate surface area is 134 Å². The van der Waals surface area contributed by atoms with Crippen molar-refractivity contribution in [3.63, 3.8) is 0 Å². The fourth-order valence-corrected chi connectivity index (χ4v) is 2.68. The van der Waals surface area contributed by atoms with Crippen LogP contribution in [0.3, 0.4) is 0 Å². The molecular weight excluding hydrogens is 306 g/mol. The average Bonchev–Trinajstić information content (AvgIpc) is 2.49. The minimum atomic E-state index is 0.534. The smallest absolute Gasteiger partial charge is 0.183 e. The SMILES string of the molecule is CSC(=Nc1ccc(N2CCN(C)CC2)cc1Cl)NC#N. The number of rotatable bonds is 2. The van der Waals surface area contributed by atoms with Crippen LogP contribution in [0.4, 0.5) is 11.4 Å². The Morgan fingerprint density at radius 3 is 2.67 bits per heavy atom. The van der Waals surface area contributed by atoms with Gasteiger partial charge in [0.15, 0.2) is 11.4 Å². The van der Waals surface area contributed by atoms with E-state index in [1.54, 1.807) is 0 Å². The van der Waals surface area contributed by atoms with Crippen LogP contribution in [0.15, 0.2) is 23.2 Å². The zero-order valence-electron chi connectivity index (χ0n) is 12.1. The number of hydrogen-bond acceptors (Lipinski definition) is 5. The highest BCUT2D eigenvalue weighted by Gasteiger charge is 2.15. The molecule has 1 heterocycles. The lowest BCUT2D eigenvalue weighted by molar-refractivity contribution is 0.313. The number of benzene rings is 1. The number of nitrogens with one attached hydrogen (secondary N) is 1. The summed E-state index contributed by atoms with van der Waals surface area (Å²) in [6.45, 7) is 4.11. The molecule has 1 N–H and O–H groups in total. The predicted octanol–water partition coefficient (Wildman–Crippen LogP) is 2.51. The second-order valence-electron chi connectivity index (χ2n) is 4.78. The second-order valence-corrected chi connectivity index (χ2v) is 5.99. The number of likely N-dealkylation sites (N-methyl/N-ethyl adjacent to an activating group) is 1. The Hall–Kier alpha value is -1.42. The summed E-state index contributed by atoms with van der Waals surface area (Å²) in [6.07, 6.45) is 3.72. The minimum Gasteiger partial charge on any atom is -0.369 e. The van der Waals surface area contributed by atoms with Crippen molar-refractivity contribution in [2.45, 2.75) is 0 Å². The Kier molecular flexibility index (Phi) is 5.74. The number of hydrogen-bond donors (Lipinski definition) is 1. The van der Waals surface area contributed by atoms with Crippen LogP contribution in [-0.4, -0.2) is 49.6 Å². The molecule has 1 aromatic carbocycles. The number of halogens is 1.